The van der Waals surface area contributed by atoms with Gasteiger partial charge in [0.05, 0.1) is 36.1 Å². The largest absolute Gasteiger partial charge is 0.465 e. The molecule has 32 heavy (non-hydrogen) atoms. The van der Waals surface area contributed by atoms with Gasteiger partial charge in [0.15, 0.2) is 0 Å². The van der Waals surface area contributed by atoms with Crippen LogP contribution in [0.25, 0.3) is 11.3 Å². The van der Waals surface area contributed by atoms with Crippen molar-refractivity contribution < 1.29 is 23.5 Å². The molecular formula is C24H22ClNO5S. The lowest BCUT2D eigenvalue weighted by Gasteiger charge is -2.11. The Labute approximate surface area is 194 Å². The van der Waals surface area contributed by atoms with Gasteiger partial charge in [-0.1, -0.05) is 11.6 Å². The molecule has 0 radical (unpaired) electrons. The number of esters is 2. The molecule has 0 aliphatic heterocycles. The summed E-state index contributed by atoms with van der Waals surface area (Å²) < 4.78 is 15.9. The Bertz CT molecular complexity index is 1190. The third-order valence-electron chi connectivity index (χ3n) is 5.22. The van der Waals surface area contributed by atoms with Gasteiger partial charge < -0.3 is 13.9 Å². The molecule has 2 aromatic heterocycles. The Morgan fingerprint density at radius 2 is 2.00 bits per heavy atom. The van der Waals surface area contributed by atoms with E-state index in [1.807, 2.05) is 0 Å². The summed E-state index contributed by atoms with van der Waals surface area (Å²) in [7, 11) is 1.32. The first-order valence-electron chi connectivity index (χ1n) is 10.4. The second-order valence-electron chi connectivity index (χ2n) is 7.26. The smallest absolute Gasteiger partial charge is 0.341 e. The van der Waals surface area contributed by atoms with Crippen molar-refractivity contribution >= 4 is 46.1 Å². The zero-order chi connectivity index (χ0) is 22.7. The van der Waals surface area contributed by atoms with Crippen LogP contribution < -0.4 is 0 Å². The van der Waals surface area contributed by atoms with E-state index in [2.05, 4.69) is 4.99 Å². The maximum atomic E-state index is 12.6. The topological polar surface area (TPSA) is 78.1 Å². The number of benzene rings is 1. The molecule has 0 fully saturated rings. The number of carbonyl (C=O) groups is 2. The average molecular weight is 472 g/mol. The van der Waals surface area contributed by atoms with Crippen molar-refractivity contribution in [3.8, 4) is 11.3 Å². The predicted octanol–water partition coefficient (Wildman–Crippen LogP) is 6.25. The van der Waals surface area contributed by atoms with Crippen molar-refractivity contribution in [1.29, 1.82) is 0 Å². The predicted molar refractivity (Wildman–Crippen MR) is 125 cm³/mol. The van der Waals surface area contributed by atoms with E-state index in [9.17, 15) is 9.59 Å². The van der Waals surface area contributed by atoms with Gasteiger partial charge in [-0.25, -0.2) is 14.6 Å². The number of halogens is 1. The molecular weight excluding hydrogens is 450 g/mol. The van der Waals surface area contributed by atoms with Gasteiger partial charge in [-0.2, -0.15) is 0 Å². The number of fused-ring (bicyclic) bond motifs is 1. The van der Waals surface area contributed by atoms with Crippen molar-refractivity contribution in [3.63, 3.8) is 0 Å². The fourth-order valence-corrected chi connectivity index (χ4v) is 5.14. The summed E-state index contributed by atoms with van der Waals surface area (Å²) in [6.45, 7) is 2.11. The minimum atomic E-state index is -0.454. The van der Waals surface area contributed by atoms with Crippen molar-refractivity contribution in [2.45, 2.75) is 32.6 Å². The van der Waals surface area contributed by atoms with Crippen LogP contribution in [0.2, 0.25) is 5.02 Å². The van der Waals surface area contributed by atoms with Crippen molar-refractivity contribution in [3.05, 3.63) is 62.7 Å². The number of carbonyl (C=O) groups excluding carboxylic acids is 2. The fourth-order valence-electron chi connectivity index (χ4n) is 3.70. The van der Waals surface area contributed by atoms with E-state index < -0.39 is 5.97 Å². The summed E-state index contributed by atoms with van der Waals surface area (Å²) in [4.78, 5) is 30.2. The molecule has 0 atom stereocenters. The molecule has 0 amide bonds. The van der Waals surface area contributed by atoms with Crippen molar-refractivity contribution in [1.82, 2.24) is 0 Å². The van der Waals surface area contributed by atoms with Gasteiger partial charge in [0.1, 0.15) is 16.5 Å². The van der Waals surface area contributed by atoms with E-state index in [0.29, 0.717) is 44.8 Å². The van der Waals surface area contributed by atoms with Gasteiger partial charge in [-0.15, -0.1) is 11.3 Å². The standard InChI is InChI=1S/C24H22ClNO5S/c1-3-30-24(28)21-16-6-4-5-7-20(16)32-22(21)26-13-15-9-11-19(31-15)17-12-14(23(27)29-2)8-10-18(17)25/h8-13H,3-7H2,1-2H3. The van der Waals surface area contributed by atoms with E-state index in [1.165, 1.54) is 23.3 Å². The number of ether oxygens (including phenoxy) is 2. The van der Waals surface area contributed by atoms with Gasteiger partial charge in [-0.05, 0) is 68.5 Å². The first-order valence-corrected chi connectivity index (χ1v) is 11.5. The van der Waals surface area contributed by atoms with Crippen LogP contribution in [0.3, 0.4) is 0 Å². The Hall–Kier alpha value is -2.90. The quantitative estimate of drug-likeness (QED) is 0.313. The van der Waals surface area contributed by atoms with E-state index >= 15 is 0 Å². The molecule has 166 valence electrons. The maximum Gasteiger partial charge on any atom is 0.341 e. The molecule has 1 aromatic carbocycles. The van der Waals surface area contributed by atoms with E-state index in [0.717, 1.165) is 31.2 Å². The van der Waals surface area contributed by atoms with Gasteiger partial charge in [0.2, 0.25) is 0 Å². The zero-order valence-corrected chi connectivity index (χ0v) is 19.3. The summed E-state index contributed by atoms with van der Waals surface area (Å²) in [5, 5.41) is 1.09. The minimum Gasteiger partial charge on any atom is -0.465 e. The number of hydrogen-bond donors (Lipinski definition) is 0. The highest BCUT2D eigenvalue weighted by Crippen LogP contribution is 2.40. The van der Waals surface area contributed by atoms with Crippen LogP contribution in [0.15, 0.2) is 39.7 Å². The molecule has 0 spiro atoms. The third kappa shape index (κ3) is 4.49. The lowest BCUT2D eigenvalue weighted by atomic mass is 9.95. The lowest BCUT2D eigenvalue weighted by Crippen LogP contribution is -2.09. The molecule has 6 nitrogen and oxygen atoms in total. The number of aryl methyl sites for hydroxylation is 1. The lowest BCUT2D eigenvalue weighted by molar-refractivity contribution is 0.0525. The zero-order valence-electron chi connectivity index (χ0n) is 17.8. The summed E-state index contributed by atoms with van der Waals surface area (Å²) in [6.07, 6.45) is 5.59. The minimum absolute atomic E-state index is 0.319. The molecule has 0 bridgehead atoms. The summed E-state index contributed by atoms with van der Waals surface area (Å²) >= 11 is 7.84. The van der Waals surface area contributed by atoms with Gasteiger partial charge >= 0.3 is 11.9 Å². The van der Waals surface area contributed by atoms with Gasteiger partial charge in [0, 0.05) is 10.4 Å². The summed E-state index contributed by atoms with van der Waals surface area (Å²) in [6, 6.07) is 8.37. The molecule has 1 aliphatic carbocycles. The summed E-state index contributed by atoms with van der Waals surface area (Å²) in [5.74, 6) is 0.217. The highest BCUT2D eigenvalue weighted by molar-refractivity contribution is 7.16. The number of thiophene rings is 1. The monoisotopic (exact) mass is 471 g/mol. The number of hydrogen-bond acceptors (Lipinski definition) is 7. The molecule has 2 heterocycles. The number of furan rings is 1. The molecule has 0 saturated heterocycles. The third-order valence-corrected chi connectivity index (χ3v) is 6.75. The van der Waals surface area contributed by atoms with Crippen LogP contribution in [0.5, 0.6) is 0 Å². The Morgan fingerprint density at radius 3 is 2.78 bits per heavy atom. The summed E-state index contributed by atoms with van der Waals surface area (Å²) in [5.41, 5.74) is 2.59. The number of rotatable bonds is 6. The molecule has 4 rings (SSSR count). The van der Waals surface area contributed by atoms with E-state index in [4.69, 9.17) is 25.5 Å². The highest BCUT2D eigenvalue weighted by Gasteiger charge is 2.26. The van der Waals surface area contributed by atoms with Crippen molar-refractivity contribution in [2.75, 3.05) is 13.7 Å². The first kappa shape index (κ1) is 22.3. The van der Waals surface area contributed by atoms with E-state index in [-0.39, 0.29) is 5.97 Å². The number of nitrogens with zero attached hydrogens (tertiary/aromatic N) is 1. The van der Waals surface area contributed by atoms with Crippen LogP contribution in [-0.4, -0.2) is 31.9 Å². The van der Waals surface area contributed by atoms with Gasteiger partial charge in [-0.3, -0.25) is 0 Å². The van der Waals surface area contributed by atoms with Crippen LogP contribution in [0.1, 0.15) is 56.7 Å². The Morgan fingerprint density at radius 1 is 1.19 bits per heavy atom. The van der Waals surface area contributed by atoms with Crippen LogP contribution in [0.4, 0.5) is 5.00 Å². The van der Waals surface area contributed by atoms with Crippen molar-refractivity contribution in [2.24, 2.45) is 4.99 Å². The molecule has 0 N–H and O–H groups in total. The second-order valence-corrected chi connectivity index (χ2v) is 8.75. The normalized spacial score (nSPS) is 13.2. The van der Waals surface area contributed by atoms with Crippen LogP contribution >= 0.6 is 22.9 Å². The molecule has 0 unspecified atom stereocenters. The SMILES string of the molecule is CCOC(=O)c1c(N=Cc2ccc(-c3cc(C(=O)OC)ccc3Cl)o2)sc2c1CCCC2. The van der Waals surface area contributed by atoms with Gasteiger partial charge in [0.25, 0.3) is 0 Å². The maximum absolute atomic E-state index is 12.6. The fraction of sp³-hybridized carbons (Fsp3) is 0.292. The Balaban J connectivity index is 1.64. The Kier molecular flexibility index (Phi) is 6.77. The molecule has 8 heteroatoms. The second kappa shape index (κ2) is 9.71. The van der Waals surface area contributed by atoms with E-state index in [1.54, 1.807) is 43.5 Å². The highest BCUT2D eigenvalue weighted by atomic mass is 35.5. The number of methoxy groups -OCH3 is 1. The molecule has 0 saturated carbocycles. The first-order chi connectivity index (χ1) is 15.5. The van der Waals surface area contributed by atoms with Crippen LogP contribution in [0, 0.1) is 0 Å². The average Bonchev–Trinajstić information content (AvgIpc) is 3.42. The molecule has 3 aromatic rings. The molecule has 1 aliphatic rings. The van der Waals surface area contributed by atoms with Crippen LogP contribution in [-0.2, 0) is 22.3 Å². The number of aliphatic imine (C=N–C) groups is 1.